The number of H-pyrrole nitrogens is 1. The second-order valence-corrected chi connectivity index (χ2v) is 8.87. The molecule has 4 aromatic rings. The lowest BCUT2D eigenvalue weighted by Crippen LogP contribution is -2.40. The third-order valence-corrected chi connectivity index (χ3v) is 6.81. The van der Waals surface area contributed by atoms with E-state index in [-0.39, 0.29) is 17.8 Å². The first-order valence-corrected chi connectivity index (χ1v) is 12.0. The van der Waals surface area contributed by atoms with Crippen molar-refractivity contribution in [1.82, 2.24) is 34.7 Å². The number of ether oxygens (including phenoxy) is 1. The van der Waals surface area contributed by atoms with Crippen molar-refractivity contribution >= 4 is 11.0 Å². The zero-order valence-electron chi connectivity index (χ0n) is 19.7. The van der Waals surface area contributed by atoms with Gasteiger partial charge in [0.15, 0.2) is 5.82 Å². The van der Waals surface area contributed by atoms with Gasteiger partial charge in [-0.3, -0.25) is 9.47 Å². The Labute approximate surface area is 198 Å². The number of piperidine rings is 1. The van der Waals surface area contributed by atoms with Gasteiger partial charge in [-0.05, 0) is 59.5 Å². The molecule has 0 radical (unpaired) electrons. The van der Waals surface area contributed by atoms with Crippen LogP contribution in [0.4, 0.5) is 0 Å². The van der Waals surface area contributed by atoms with E-state index in [1.165, 1.54) is 0 Å². The summed E-state index contributed by atoms with van der Waals surface area (Å²) in [5.41, 5.74) is 2.97. The van der Waals surface area contributed by atoms with Crippen LogP contribution in [0.2, 0.25) is 0 Å². The summed E-state index contributed by atoms with van der Waals surface area (Å²) in [5.74, 6) is 1.69. The number of methoxy groups -OCH3 is 1. The van der Waals surface area contributed by atoms with E-state index in [9.17, 15) is 4.79 Å². The van der Waals surface area contributed by atoms with Crippen molar-refractivity contribution in [3.8, 4) is 5.75 Å². The number of likely N-dealkylation sites (tertiary alicyclic amines) is 1. The quantitative estimate of drug-likeness (QED) is 0.431. The molecule has 0 aliphatic carbocycles. The van der Waals surface area contributed by atoms with Crippen LogP contribution in [-0.4, -0.2) is 54.9 Å². The van der Waals surface area contributed by atoms with Crippen molar-refractivity contribution < 1.29 is 4.74 Å². The second-order valence-electron chi connectivity index (χ2n) is 8.87. The molecule has 5 rings (SSSR count). The number of hydrogen-bond donors (Lipinski definition) is 1. The Bertz CT molecular complexity index is 1280. The Balaban J connectivity index is 1.43. The van der Waals surface area contributed by atoms with Gasteiger partial charge in [-0.1, -0.05) is 37.6 Å². The van der Waals surface area contributed by atoms with Gasteiger partial charge in [0, 0.05) is 25.7 Å². The molecule has 0 amide bonds. The van der Waals surface area contributed by atoms with Crippen molar-refractivity contribution in [3.63, 3.8) is 0 Å². The van der Waals surface area contributed by atoms with Gasteiger partial charge >= 0.3 is 5.69 Å². The van der Waals surface area contributed by atoms with Crippen molar-refractivity contribution in [1.29, 1.82) is 0 Å². The molecule has 178 valence electrons. The average molecular weight is 462 g/mol. The molecule has 0 bridgehead atoms. The van der Waals surface area contributed by atoms with Crippen LogP contribution >= 0.6 is 0 Å². The van der Waals surface area contributed by atoms with Gasteiger partial charge in [-0.2, -0.15) is 0 Å². The fourth-order valence-corrected chi connectivity index (χ4v) is 5.02. The second kappa shape index (κ2) is 9.80. The van der Waals surface area contributed by atoms with Crippen molar-refractivity contribution in [3.05, 3.63) is 70.4 Å². The number of aryl methyl sites for hydroxylation is 1. The minimum Gasteiger partial charge on any atom is -0.497 e. The molecular formula is C25H31N7O2. The molecule has 1 unspecified atom stereocenters. The number of fused-ring (bicyclic) bond motifs is 1. The molecule has 1 aliphatic rings. The molecule has 34 heavy (non-hydrogen) atoms. The van der Waals surface area contributed by atoms with E-state index < -0.39 is 0 Å². The molecule has 0 saturated carbocycles. The molecular weight excluding hydrogens is 430 g/mol. The average Bonchev–Trinajstić information content (AvgIpc) is 3.47. The monoisotopic (exact) mass is 461 g/mol. The van der Waals surface area contributed by atoms with Gasteiger partial charge in [-0.15, -0.1) is 5.10 Å². The smallest absolute Gasteiger partial charge is 0.326 e. The number of aromatic amines is 1. The van der Waals surface area contributed by atoms with Gasteiger partial charge in [0.25, 0.3) is 0 Å². The lowest BCUT2D eigenvalue weighted by atomic mass is 9.98. The minimum atomic E-state index is -0.0570. The van der Waals surface area contributed by atoms with E-state index in [4.69, 9.17) is 4.74 Å². The molecule has 2 aromatic heterocycles. The topological polar surface area (TPSA) is 93.9 Å². The number of aromatic nitrogens is 6. The number of hydrogen-bond acceptors (Lipinski definition) is 6. The Morgan fingerprint density at radius 1 is 1.12 bits per heavy atom. The Morgan fingerprint density at radius 3 is 2.62 bits per heavy atom. The highest BCUT2D eigenvalue weighted by atomic mass is 16.5. The lowest BCUT2D eigenvalue weighted by Gasteiger charge is -2.37. The molecule has 2 aromatic carbocycles. The van der Waals surface area contributed by atoms with E-state index in [1.54, 1.807) is 7.11 Å². The minimum absolute atomic E-state index is 0.0325. The largest absolute Gasteiger partial charge is 0.497 e. The summed E-state index contributed by atoms with van der Waals surface area (Å²) in [5, 5.41) is 12.8. The van der Waals surface area contributed by atoms with Crippen LogP contribution < -0.4 is 10.4 Å². The molecule has 1 fully saturated rings. The summed E-state index contributed by atoms with van der Waals surface area (Å²) in [4.78, 5) is 18.2. The maximum atomic E-state index is 12.7. The number of nitrogens with zero attached hydrogens (tertiary/aromatic N) is 6. The van der Waals surface area contributed by atoms with Crippen LogP contribution in [0.3, 0.4) is 0 Å². The molecule has 0 spiro atoms. The summed E-state index contributed by atoms with van der Waals surface area (Å²) in [6.07, 6.45) is 3.87. The zero-order chi connectivity index (χ0) is 23.5. The third-order valence-electron chi connectivity index (χ3n) is 6.81. The van der Waals surface area contributed by atoms with E-state index in [0.29, 0.717) is 0 Å². The first-order valence-electron chi connectivity index (χ1n) is 12.0. The van der Waals surface area contributed by atoms with E-state index >= 15 is 0 Å². The summed E-state index contributed by atoms with van der Waals surface area (Å²) in [6, 6.07) is 16.2. The zero-order valence-corrected chi connectivity index (χ0v) is 19.7. The molecule has 9 heteroatoms. The predicted octanol–water partition coefficient (Wildman–Crippen LogP) is 3.55. The number of nitrogens with one attached hydrogen (secondary N) is 1. The van der Waals surface area contributed by atoms with Crippen LogP contribution in [0.25, 0.3) is 11.0 Å². The number of unbranched alkanes of at least 4 members (excludes halogenated alkanes) is 1. The molecule has 1 atom stereocenters. The highest BCUT2D eigenvalue weighted by molar-refractivity contribution is 5.75. The number of imidazole rings is 1. The highest BCUT2D eigenvalue weighted by Gasteiger charge is 2.32. The lowest BCUT2D eigenvalue weighted by molar-refractivity contribution is 0.146. The maximum absolute atomic E-state index is 12.7. The SMILES string of the molecule is CCCCn1nnnc1C(c1ccc(OC)cc1)N1CCC(n2c(=O)[nH]c3ccccc32)CC1. The molecule has 9 nitrogen and oxygen atoms in total. The summed E-state index contributed by atoms with van der Waals surface area (Å²) in [6.45, 7) is 4.65. The summed E-state index contributed by atoms with van der Waals surface area (Å²) < 4.78 is 9.24. The van der Waals surface area contributed by atoms with Crippen LogP contribution in [0.1, 0.15) is 56.1 Å². The number of para-hydroxylation sites is 2. The summed E-state index contributed by atoms with van der Waals surface area (Å²) >= 11 is 0. The Kier molecular flexibility index (Phi) is 6.44. The van der Waals surface area contributed by atoms with Gasteiger partial charge in [0.2, 0.25) is 0 Å². The van der Waals surface area contributed by atoms with Crippen molar-refractivity contribution in [2.45, 2.75) is 51.2 Å². The molecule has 3 heterocycles. The van der Waals surface area contributed by atoms with Gasteiger partial charge < -0.3 is 9.72 Å². The van der Waals surface area contributed by atoms with Crippen LogP contribution in [0, 0.1) is 0 Å². The normalized spacial score (nSPS) is 16.2. The van der Waals surface area contributed by atoms with Crippen LogP contribution in [-0.2, 0) is 6.54 Å². The fraction of sp³-hybridized carbons (Fsp3) is 0.440. The third kappa shape index (κ3) is 4.23. The van der Waals surface area contributed by atoms with Gasteiger partial charge in [-0.25, -0.2) is 9.48 Å². The maximum Gasteiger partial charge on any atom is 0.326 e. The Hall–Kier alpha value is -3.46. The van der Waals surface area contributed by atoms with Crippen molar-refractivity contribution in [2.24, 2.45) is 0 Å². The Morgan fingerprint density at radius 2 is 1.88 bits per heavy atom. The number of tetrazole rings is 1. The summed E-state index contributed by atoms with van der Waals surface area (Å²) in [7, 11) is 1.68. The molecule has 1 saturated heterocycles. The standard InChI is InChI=1S/C25H31N7O2/c1-3-4-15-31-24(27-28-29-31)23(18-9-11-20(34-2)12-10-18)30-16-13-19(14-17-30)32-22-8-6-5-7-21(22)26-25(32)33/h5-12,19,23H,3-4,13-17H2,1-2H3,(H,26,33). The van der Waals surface area contributed by atoms with Gasteiger partial charge in [0.1, 0.15) is 5.75 Å². The van der Waals surface area contributed by atoms with Crippen LogP contribution in [0.5, 0.6) is 5.75 Å². The fourth-order valence-electron chi connectivity index (χ4n) is 5.02. The highest BCUT2D eigenvalue weighted by Crippen LogP contribution is 2.34. The van der Waals surface area contributed by atoms with Crippen LogP contribution in [0.15, 0.2) is 53.3 Å². The van der Waals surface area contributed by atoms with E-state index in [2.05, 4.69) is 44.5 Å². The van der Waals surface area contributed by atoms with E-state index in [0.717, 1.165) is 73.5 Å². The first kappa shape index (κ1) is 22.3. The first-order chi connectivity index (χ1) is 16.7. The number of rotatable bonds is 8. The predicted molar refractivity (Wildman–Crippen MR) is 130 cm³/mol. The van der Waals surface area contributed by atoms with Gasteiger partial charge in [0.05, 0.1) is 24.2 Å². The number of benzene rings is 2. The van der Waals surface area contributed by atoms with E-state index in [1.807, 2.05) is 45.6 Å². The molecule has 1 N–H and O–H groups in total. The van der Waals surface area contributed by atoms with Crippen molar-refractivity contribution in [2.75, 3.05) is 20.2 Å². The molecule has 1 aliphatic heterocycles.